The van der Waals surface area contributed by atoms with Gasteiger partial charge in [-0.1, -0.05) is 12.1 Å². The first-order valence-corrected chi connectivity index (χ1v) is 10.1. The van der Waals surface area contributed by atoms with Gasteiger partial charge < -0.3 is 15.4 Å². The lowest BCUT2D eigenvalue weighted by Crippen LogP contribution is -2.40. The van der Waals surface area contributed by atoms with Crippen molar-refractivity contribution < 1.29 is 4.74 Å². The smallest absolute Gasteiger partial charge is 0.188 e. The highest BCUT2D eigenvalue weighted by Gasteiger charge is 2.21. The molecule has 2 aliphatic rings. The predicted octanol–water partition coefficient (Wildman–Crippen LogP) is 3.89. The number of nitrogens with two attached hydrogens (primary N) is 1. The van der Waals surface area contributed by atoms with Crippen LogP contribution in [-0.4, -0.2) is 47.0 Å². The number of hydrogen-bond donors (Lipinski definition) is 2. The summed E-state index contributed by atoms with van der Waals surface area (Å²) >= 11 is 0. The molecular formula is C22H32Cl3N5O. The molecule has 2 aromatic rings. The van der Waals surface area contributed by atoms with Crippen LogP contribution in [0.25, 0.3) is 0 Å². The second-order valence-corrected chi connectivity index (χ2v) is 7.84. The predicted molar refractivity (Wildman–Crippen MR) is 132 cm³/mol. The highest BCUT2D eigenvalue weighted by molar-refractivity contribution is 5.86. The molecule has 1 fully saturated rings. The Morgan fingerprint density at radius 3 is 2.52 bits per heavy atom. The summed E-state index contributed by atoms with van der Waals surface area (Å²) in [5.41, 5.74) is 9.36. The maximum absolute atomic E-state index is 7.65. The van der Waals surface area contributed by atoms with Gasteiger partial charge in [-0.2, -0.15) is 0 Å². The summed E-state index contributed by atoms with van der Waals surface area (Å²) in [6.07, 6.45) is 5.12. The van der Waals surface area contributed by atoms with Crippen molar-refractivity contribution >= 4 is 43.2 Å². The maximum Gasteiger partial charge on any atom is 0.188 e. The van der Waals surface area contributed by atoms with Gasteiger partial charge in [0, 0.05) is 25.8 Å². The molecule has 3 heterocycles. The lowest BCUT2D eigenvalue weighted by Gasteiger charge is -2.32. The van der Waals surface area contributed by atoms with Crippen molar-refractivity contribution in [3.05, 3.63) is 59.4 Å². The number of pyridine rings is 1. The van der Waals surface area contributed by atoms with Crippen LogP contribution in [0.3, 0.4) is 0 Å². The molecule has 6 nitrogen and oxygen atoms in total. The molecule has 1 aromatic heterocycles. The molecule has 0 radical (unpaired) electrons. The molecule has 0 amide bonds. The van der Waals surface area contributed by atoms with Gasteiger partial charge in [-0.05, 0) is 73.7 Å². The number of piperidine rings is 1. The fraction of sp³-hybridized carbons (Fsp3) is 0.455. The molecule has 0 aliphatic carbocycles. The number of halogens is 3. The van der Waals surface area contributed by atoms with Gasteiger partial charge >= 0.3 is 0 Å². The van der Waals surface area contributed by atoms with Crippen molar-refractivity contribution in [3.63, 3.8) is 0 Å². The molecule has 0 unspecified atom stereocenters. The van der Waals surface area contributed by atoms with E-state index in [2.05, 4.69) is 40.2 Å². The Labute approximate surface area is 203 Å². The first-order chi connectivity index (χ1) is 13.7. The van der Waals surface area contributed by atoms with Gasteiger partial charge in [0.1, 0.15) is 5.75 Å². The van der Waals surface area contributed by atoms with E-state index in [1.54, 1.807) is 0 Å². The van der Waals surface area contributed by atoms with Crippen molar-refractivity contribution in [1.29, 1.82) is 5.41 Å². The van der Waals surface area contributed by atoms with Crippen LogP contribution >= 0.6 is 37.2 Å². The average Bonchev–Trinajstić information content (AvgIpc) is 2.73. The third kappa shape index (κ3) is 7.42. The second-order valence-electron chi connectivity index (χ2n) is 7.84. The number of fused-ring (bicyclic) bond motifs is 1. The van der Waals surface area contributed by atoms with Crippen molar-refractivity contribution in [1.82, 2.24) is 14.8 Å². The maximum atomic E-state index is 7.65. The largest absolute Gasteiger partial charge is 0.493 e. The van der Waals surface area contributed by atoms with E-state index < -0.39 is 0 Å². The van der Waals surface area contributed by atoms with E-state index in [0.29, 0.717) is 12.5 Å². The number of likely N-dealkylation sites (tertiary alicyclic amines) is 1. The zero-order valence-electron chi connectivity index (χ0n) is 17.5. The van der Waals surface area contributed by atoms with E-state index in [1.807, 2.05) is 17.2 Å². The first kappa shape index (κ1) is 27.3. The Bertz CT molecular complexity index is 816. The summed E-state index contributed by atoms with van der Waals surface area (Å²) in [6, 6.07) is 12.5. The minimum atomic E-state index is 0. The number of guanidine groups is 1. The van der Waals surface area contributed by atoms with Gasteiger partial charge in [-0.3, -0.25) is 15.3 Å². The van der Waals surface area contributed by atoms with Gasteiger partial charge in [-0.25, -0.2) is 0 Å². The van der Waals surface area contributed by atoms with Crippen LogP contribution in [0.15, 0.2) is 42.6 Å². The fourth-order valence-corrected chi connectivity index (χ4v) is 4.07. The Balaban J connectivity index is 0.00000160. The SMILES string of the molecule is Cl.Cl.Cl.N=C(N)N1CCc2ccc(OCC3CCN(Cc4ccccn4)CC3)cc2C1. The number of hydrogen-bond acceptors (Lipinski definition) is 4. The van der Waals surface area contributed by atoms with Crippen LogP contribution in [0.5, 0.6) is 5.75 Å². The van der Waals surface area contributed by atoms with E-state index in [4.69, 9.17) is 15.9 Å². The zero-order chi connectivity index (χ0) is 19.3. The molecule has 31 heavy (non-hydrogen) atoms. The van der Waals surface area contributed by atoms with Gasteiger partial charge in [0.25, 0.3) is 0 Å². The third-order valence-electron chi connectivity index (χ3n) is 5.84. The first-order valence-electron chi connectivity index (χ1n) is 10.1. The second kappa shape index (κ2) is 13.0. The highest BCUT2D eigenvalue weighted by Crippen LogP contribution is 2.25. The average molecular weight is 489 g/mol. The van der Waals surface area contributed by atoms with Crippen molar-refractivity contribution in [2.75, 3.05) is 26.2 Å². The minimum Gasteiger partial charge on any atom is -0.493 e. The molecule has 172 valence electrons. The van der Waals surface area contributed by atoms with Gasteiger partial charge in [0.05, 0.1) is 12.3 Å². The van der Waals surface area contributed by atoms with Gasteiger partial charge in [-0.15, -0.1) is 37.2 Å². The van der Waals surface area contributed by atoms with Gasteiger partial charge in [0.2, 0.25) is 0 Å². The van der Waals surface area contributed by atoms with E-state index >= 15 is 0 Å². The molecule has 0 bridgehead atoms. The monoisotopic (exact) mass is 487 g/mol. The molecule has 1 saturated heterocycles. The Morgan fingerprint density at radius 1 is 1.06 bits per heavy atom. The summed E-state index contributed by atoms with van der Waals surface area (Å²) in [7, 11) is 0. The number of ether oxygens (including phenoxy) is 1. The van der Waals surface area contributed by atoms with Crippen LogP contribution in [0, 0.1) is 11.3 Å². The fourth-order valence-electron chi connectivity index (χ4n) is 4.07. The molecule has 2 aliphatic heterocycles. The zero-order valence-corrected chi connectivity index (χ0v) is 20.0. The summed E-state index contributed by atoms with van der Waals surface area (Å²) in [4.78, 5) is 8.81. The van der Waals surface area contributed by atoms with Crippen LogP contribution in [-0.2, 0) is 19.5 Å². The molecular weight excluding hydrogens is 457 g/mol. The van der Waals surface area contributed by atoms with Crippen LogP contribution in [0.2, 0.25) is 0 Å². The minimum absolute atomic E-state index is 0. The lowest BCUT2D eigenvalue weighted by atomic mass is 9.97. The third-order valence-corrected chi connectivity index (χ3v) is 5.84. The van der Waals surface area contributed by atoms with E-state index in [-0.39, 0.29) is 43.2 Å². The van der Waals surface area contributed by atoms with Crippen molar-refractivity contribution in [2.45, 2.75) is 32.4 Å². The molecule has 3 N–H and O–H groups in total. The normalized spacial score (nSPS) is 16.2. The van der Waals surface area contributed by atoms with E-state index in [9.17, 15) is 0 Å². The van der Waals surface area contributed by atoms with Crippen LogP contribution in [0.1, 0.15) is 29.7 Å². The number of benzene rings is 1. The standard InChI is InChI=1S/C22H29N5O.3ClH/c23-22(24)27-12-8-18-4-5-21(13-19(18)14-27)28-16-17-6-10-26(11-7-17)15-20-3-1-2-9-25-20;;;/h1-5,9,13,17H,6-8,10-12,14-16H2,(H3,23,24);3*1H. The van der Waals surface area contributed by atoms with Crippen molar-refractivity contribution in [3.8, 4) is 5.75 Å². The molecule has 0 spiro atoms. The van der Waals surface area contributed by atoms with E-state index in [0.717, 1.165) is 63.5 Å². The highest BCUT2D eigenvalue weighted by atomic mass is 35.5. The van der Waals surface area contributed by atoms with Crippen LogP contribution in [0.4, 0.5) is 0 Å². The van der Waals surface area contributed by atoms with Crippen molar-refractivity contribution in [2.24, 2.45) is 11.7 Å². The van der Waals surface area contributed by atoms with E-state index in [1.165, 1.54) is 11.1 Å². The Kier molecular flexibility index (Phi) is 11.4. The topological polar surface area (TPSA) is 78.5 Å². The number of nitrogens with one attached hydrogen (secondary N) is 1. The quantitative estimate of drug-likeness (QED) is 0.493. The Morgan fingerprint density at radius 2 is 1.84 bits per heavy atom. The lowest BCUT2D eigenvalue weighted by molar-refractivity contribution is 0.135. The Hall–Kier alpha value is -1.73. The van der Waals surface area contributed by atoms with Gasteiger partial charge in [0.15, 0.2) is 5.96 Å². The molecule has 0 saturated carbocycles. The number of rotatable bonds is 5. The van der Waals surface area contributed by atoms with Crippen LogP contribution < -0.4 is 10.5 Å². The molecule has 0 atom stereocenters. The summed E-state index contributed by atoms with van der Waals surface area (Å²) in [6.45, 7) is 5.43. The molecule has 1 aromatic carbocycles. The summed E-state index contributed by atoms with van der Waals surface area (Å²) < 4.78 is 6.13. The number of nitrogens with zero attached hydrogens (tertiary/aromatic N) is 3. The summed E-state index contributed by atoms with van der Waals surface area (Å²) in [5.74, 6) is 1.68. The molecule has 9 heteroatoms. The number of aromatic nitrogens is 1. The summed E-state index contributed by atoms with van der Waals surface area (Å²) in [5, 5.41) is 7.65. The molecule has 4 rings (SSSR count).